The van der Waals surface area contributed by atoms with Crippen molar-refractivity contribution in [1.29, 1.82) is 0 Å². The van der Waals surface area contributed by atoms with Crippen LogP contribution in [0.1, 0.15) is 57.5 Å². The van der Waals surface area contributed by atoms with Crippen molar-refractivity contribution >= 4 is 63.6 Å². The lowest BCUT2D eigenvalue weighted by molar-refractivity contribution is -0.142. The van der Waals surface area contributed by atoms with Gasteiger partial charge < -0.3 is 4.74 Å². The van der Waals surface area contributed by atoms with Crippen molar-refractivity contribution in [2.45, 2.75) is 63.3 Å². The Kier molecular flexibility index (Phi) is 8.54. The Labute approximate surface area is 213 Å². The Morgan fingerprint density at radius 2 is 1.85 bits per heavy atom. The minimum absolute atomic E-state index is 0.229. The third kappa shape index (κ3) is 5.11. The largest absolute Gasteiger partial charge is 0.469 e. The zero-order valence-electron chi connectivity index (χ0n) is 19.3. The van der Waals surface area contributed by atoms with Gasteiger partial charge in [-0.1, -0.05) is 61.5 Å². The summed E-state index contributed by atoms with van der Waals surface area (Å²) in [6.07, 6.45) is 5.64. The van der Waals surface area contributed by atoms with Gasteiger partial charge in [0, 0.05) is 10.4 Å². The van der Waals surface area contributed by atoms with E-state index in [9.17, 15) is 4.79 Å². The van der Waals surface area contributed by atoms with Crippen molar-refractivity contribution in [3.8, 4) is 5.69 Å². The number of halogens is 3. The summed E-state index contributed by atoms with van der Waals surface area (Å²) in [5, 5.41) is 7.51. The molecule has 0 N–H and O–H groups in total. The van der Waals surface area contributed by atoms with Gasteiger partial charge in [-0.05, 0) is 38.2 Å². The van der Waals surface area contributed by atoms with E-state index in [-0.39, 0.29) is 12.4 Å². The van der Waals surface area contributed by atoms with E-state index >= 15 is 0 Å². The molecule has 0 saturated heterocycles. The van der Waals surface area contributed by atoms with Crippen LogP contribution in [0.3, 0.4) is 0 Å². The molecule has 0 radical (unpaired) electrons. The fraction of sp³-hybridized carbons (Fsp3) is 0.478. The van der Waals surface area contributed by atoms with Crippen molar-refractivity contribution in [3.63, 3.8) is 0 Å². The van der Waals surface area contributed by atoms with Gasteiger partial charge in [-0.25, -0.2) is 14.6 Å². The number of nitrogens with zero attached hydrogens (tertiary/aromatic N) is 4. The normalized spacial score (nSPS) is 13.3. The summed E-state index contributed by atoms with van der Waals surface area (Å²) >= 11 is 20.7. The molecule has 6 nitrogen and oxygen atoms in total. The predicted octanol–water partition coefficient (Wildman–Crippen LogP) is 7.21. The number of benzene rings is 1. The highest BCUT2D eigenvalue weighted by atomic mass is 35.5. The molecule has 0 aliphatic carbocycles. The molecule has 0 aliphatic rings. The van der Waals surface area contributed by atoms with Gasteiger partial charge in [-0.2, -0.15) is 5.10 Å². The second-order valence-electron chi connectivity index (χ2n) is 7.95. The van der Waals surface area contributed by atoms with E-state index in [1.165, 1.54) is 18.9 Å². The lowest BCUT2D eigenvalue weighted by atomic mass is 9.73. The smallest absolute Gasteiger partial charge is 0.306 e. The van der Waals surface area contributed by atoms with Crippen LogP contribution in [0, 0.1) is 6.92 Å². The van der Waals surface area contributed by atoms with Crippen LogP contribution in [0.25, 0.3) is 16.7 Å². The van der Waals surface area contributed by atoms with Crippen LogP contribution in [0.4, 0.5) is 0 Å². The molecule has 0 amide bonds. The molecule has 33 heavy (non-hydrogen) atoms. The van der Waals surface area contributed by atoms with Crippen LogP contribution < -0.4 is 0 Å². The number of methoxy groups -OCH3 is 1. The number of hydrogen-bond donors (Lipinski definition) is 0. The minimum Gasteiger partial charge on any atom is -0.469 e. The molecule has 1 unspecified atom stereocenters. The molecule has 0 fully saturated rings. The van der Waals surface area contributed by atoms with Crippen molar-refractivity contribution < 1.29 is 9.53 Å². The second kappa shape index (κ2) is 10.8. The maximum Gasteiger partial charge on any atom is 0.306 e. The molecule has 3 aromatic rings. The number of esters is 1. The average Bonchev–Trinajstić information content (AvgIpc) is 3.13. The van der Waals surface area contributed by atoms with E-state index in [4.69, 9.17) is 54.6 Å². The maximum absolute atomic E-state index is 12.5. The lowest BCUT2D eigenvalue weighted by Crippen LogP contribution is -2.31. The summed E-state index contributed by atoms with van der Waals surface area (Å²) < 4.78 is 6.72. The second-order valence-corrected chi connectivity index (χ2v) is 9.99. The molecule has 2 heterocycles. The van der Waals surface area contributed by atoms with E-state index in [1.54, 1.807) is 16.8 Å². The highest BCUT2D eigenvalue weighted by molar-refractivity contribution is 7.98. The Balaban J connectivity index is 2.39. The summed E-state index contributed by atoms with van der Waals surface area (Å²) in [6, 6.07) is 3.25. The number of hydrogen-bond acceptors (Lipinski definition) is 6. The Morgan fingerprint density at radius 3 is 2.39 bits per heavy atom. The number of carbonyl (C=O) groups is 1. The number of rotatable bonds is 9. The number of aryl methyl sites for hydroxylation is 1. The highest BCUT2D eigenvalue weighted by Gasteiger charge is 2.38. The molecular formula is C23H27Cl3N4O2S. The van der Waals surface area contributed by atoms with E-state index in [2.05, 4.69) is 13.8 Å². The minimum atomic E-state index is -0.513. The van der Waals surface area contributed by atoms with Gasteiger partial charge >= 0.3 is 5.97 Å². The molecule has 1 aromatic carbocycles. The molecule has 0 bridgehead atoms. The first kappa shape index (κ1) is 26.1. The van der Waals surface area contributed by atoms with Gasteiger partial charge in [0.1, 0.15) is 16.5 Å². The third-order valence-electron chi connectivity index (χ3n) is 5.89. The van der Waals surface area contributed by atoms with Crippen molar-refractivity contribution in [1.82, 2.24) is 19.7 Å². The van der Waals surface area contributed by atoms with Crippen LogP contribution in [0.2, 0.25) is 15.1 Å². The molecule has 2 aromatic heterocycles. The molecular weight excluding hydrogens is 503 g/mol. The van der Waals surface area contributed by atoms with E-state index in [0.29, 0.717) is 32.2 Å². The zero-order chi connectivity index (χ0) is 24.3. The van der Waals surface area contributed by atoms with E-state index < -0.39 is 5.41 Å². The number of ether oxygens (including phenoxy) is 1. The summed E-state index contributed by atoms with van der Waals surface area (Å²) in [4.78, 5) is 22.1. The van der Waals surface area contributed by atoms with E-state index in [0.717, 1.165) is 41.8 Å². The van der Waals surface area contributed by atoms with Gasteiger partial charge in [-0.3, -0.25) is 4.79 Å². The van der Waals surface area contributed by atoms with Crippen LogP contribution in [0.15, 0.2) is 17.2 Å². The SMILES string of the molecule is CCCCC(CC)(CC(=O)OC)c1nc(C)nc2c1c(SC)nn2-c1c(Cl)cc(Cl)cc1Cl. The summed E-state index contributed by atoms with van der Waals surface area (Å²) in [6.45, 7) is 6.05. The van der Waals surface area contributed by atoms with Gasteiger partial charge in [-0.15, -0.1) is 11.8 Å². The van der Waals surface area contributed by atoms with Crippen molar-refractivity contribution in [3.05, 3.63) is 38.7 Å². The Bertz CT molecular complexity index is 1160. The Morgan fingerprint density at radius 1 is 1.18 bits per heavy atom. The van der Waals surface area contributed by atoms with Gasteiger partial charge in [0.2, 0.25) is 0 Å². The summed E-state index contributed by atoms with van der Waals surface area (Å²) in [5.41, 5.74) is 1.39. The average molecular weight is 530 g/mol. The lowest BCUT2D eigenvalue weighted by Gasteiger charge is -2.32. The van der Waals surface area contributed by atoms with Gasteiger partial charge in [0.15, 0.2) is 5.65 Å². The topological polar surface area (TPSA) is 69.9 Å². The zero-order valence-corrected chi connectivity index (χ0v) is 22.4. The van der Waals surface area contributed by atoms with Crippen molar-refractivity contribution in [2.24, 2.45) is 0 Å². The van der Waals surface area contributed by atoms with Crippen LogP contribution in [0.5, 0.6) is 0 Å². The highest BCUT2D eigenvalue weighted by Crippen LogP contribution is 2.43. The first-order valence-electron chi connectivity index (χ1n) is 10.7. The van der Waals surface area contributed by atoms with Crippen molar-refractivity contribution in [2.75, 3.05) is 13.4 Å². The molecule has 0 aliphatic heterocycles. The third-order valence-corrected chi connectivity index (χ3v) is 7.36. The Hall–Kier alpha value is -1.54. The van der Waals surface area contributed by atoms with E-state index in [1.807, 2.05) is 13.2 Å². The summed E-state index contributed by atoms with van der Waals surface area (Å²) in [7, 11) is 1.42. The monoisotopic (exact) mass is 528 g/mol. The standard InChI is InChI=1S/C23H27Cl3N4O2S/c1-6-8-9-23(7-2,12-17(31)32-4)20-18-21(28-13(3)27-20)30(29-22(18)33-5)19-15(25)10-14(24)11-16(19)26/h10-11H,6-9,12H2,1-5H3. The maximum atomic E-state index is 12.5. The predicted molar refractivity (Wildman–Crippen MR) is 136 cm³/mol. The molecule has 3 rings (SSSR count). The molecule has 178 valence electrons. The van der Waals surface area contributed by atoms with Crippen LogP contribution in [-0.4, -0.2) is 39.1 Å². The summed E-state index contributed by atoms with van der Waals surface area (Å²) in [5.74, 6) is 0.311. The van der Waals surface area contributed by atoms with Gasteiger partial charge in [0.25, 0.3) is 0 Å². The molecule has 1 atom stereocenters. The first-order valence-corrected chi connectivity index (χ1v) is 13.1. The molecule has 0 spiro atoms. The number of fused-ring (bicyclic) bond motifs is 1. The van der Waals surface area contributed by atoms with Crippen LogP contribution >= 0.6 is 46.6 Å². The number of unbranched alkanes of at least 4 members (excludes halogenated alkanes) is 1. The van der Waals surface area contributed by atoms with Crippen LogP contribution in [-0.2, 0) is 14.9 Å². The number of carbonyl (C=O) groups excluding carboxylic acids is 1. The quantitative estimate of drug-likeness (QED) is 0.215. The number of thioether (sulfide) groups is 1. The molecule has 0 saturated carbocycles. The number of aromatic nitrogens is 4. The first-order chi connectivity index (χ1) is 15.7. The fourth-order valence-corrected chi connectivity index (χ4v) is 5.67. The fourth-order valence-electron chi connectivity index (χ4n) is 4.14. The molecule has 10 heteroatoms. The van der Waals surface area contributed by atoms with Gasteiger partial charge in [0.05, 0.1) is 34.7 Å².